The molecule has 5 rings (SSSR count). The molecule has 0 aromatic carbocycles. The van der Waals surface area contributed by atoms with Crippen LogP contribution in [-0.2, 0) is 4.79 Å². The minimum Gasteiger partial charge on any atom is -0.310 e. The van der Waals surface area contributed by atoms with Crippen molar-refractivity contribution in [1.29, 1.82) is 0 Å². The standard InChI is InChI=1S/C27H39FN2O/c1-3-4-17-5-8-20-18(15-17)6-9-22-21(20)13-14-27(2)23(22)10-11-24(27)26(31)30-25-12-7-19(28)16-29-25/h7,12,16-18,20-24H,3-6,8-11,13-15H2,1-2H3,(H,29,30,31). The lowest BCUT2D eigenvalue weighted by Crippen LogP contribution is -2.49. The van der Waals surface area contributed by atoms with Gasteiger partial charge in [0.25, 0.3) is 0 Å². The number of pyridine rings is 1. The Kier molecular flexibility index (Phi) is 5.85. The van der Waals surface area contributed by atoms with Gasteiger partial charge in [-0.2, -0.15) is 0 Å². The zero-order valence-corrected chi connectivity index (χ0v) is 19.3. The van der Waals surface area contributed by atoms with Crippen molar-refractivity contribution in [3.63, 3.8) is 0 Å². The van der Waals surface area contributed by atoms with Crippen molar-refractivity contribution >= 4 is 11.7 Å². The van der Waals surface area contributed by atoms with E-state index < -0.39 is 0 Å². The monoisotopic (exact) mass is 426 g/mol. The summed E-state index contributed by atoms with van der Waals surface area (Å²) in [6.07, 6.45) is 15.8. The summed E-state index contributed by atoms with van der Waals surface area (Å²) < 4.78 is 13.2. The third-order valence-corrected chi connectivity index (χ3v) is 10.1. The number of hydrogen-bond donors (Lipinski definition) is 1. The number of halogens is 1. The number of carbonyl (C=O) groups is 1. The predicted molar refractivity (Wildman–Crippen MR) is 122 cm³/mol. The van der Waals surface area contributed by atoms with Crippen LogP contribution in [0.2, 0.25) is 0 Å². The van der Waals surface area contributed by atoms with Crippen molar-refractivity contribution in [2.45, 2.75) is 84.5 Å². The molecule has 0 radical (unpaired) electrons. The second-order valence-electron chi connectivity index (χ2n) is 11.4. The van der Waals surface area contributed by atoms with E-state index in [1.54, 1.807) is 6.07 Å². The summed E-state index contributed by atoms with van der Waals surface area (Å²) in [5.74, 6) is 5.58. The molecule has 8 unspecified atom stereocenters. The van der Waals surface area contributed by atoms with Gasteiger partial charge in [0, 0.05) is 5.92 Å². The SMILES string of the molecule is CCCC1CCC2C(CCC3C2CCC2(C)C(C(=O)Nc4ccc(F)cn4)CCC32)C1. The molecule has 1 N–H and O–H groups in total. The molecule has 4 aliphatic carbocycles. The molecule has 4 fully saturated rings. The Labute approximate surface area is 187 Å². The van der Waals surface area contributed by atoms with E-state index in [1.165, 1.54) is 76.5 Å². The highest BCUT2D eigenvalue weighted by atomic mass is 19.1. The average Bonchev–Trinajstić information content (AvgIpc) is 3.12. The van der Waals surface area contributed by atoms with Crippen LogP contribution in [-0.4, -0.2) is 10.9 Å². The quantitative estimate of drug-likeness (QED) is 0.572. The summed E-state index contributed by atoms with van der Waals surface area (Å²) in [7, 11) is 0. The third-order valence-electron chi connectivity index (χ3n) is 10.1. The van der Waals surface area contributed by atoms with Gasteiger partial charge in [0.1, 0.15) is 11.6 Å². The smallest absolute Gasteiger partial charge is 0.229 e. The Hall–Kier alpha value is -1.45. The normalized spacial score (nSPS) is 41.7. The van der Waals surface area contributed by atoms with Crippen LogP contribution in [0.3, 0.4) is 0 Å². The zero-order valence-electron chi connectivity index (χ0n) is 19.3. The van der Waals surface area contributed by atoms with E-state index >= 15 is 0 Å². The minimum absolute atomic E-state index is 0.0586. The van der Waals surface area contributed by atoms with E-state index in [1.807, 2.05) is 0 Å². The van der Waals surface area contributed by atoms with Crippen LogP contribution in [0.25, 0.3) is 0 Å². The molecule has 4 saturated carbocycles. The number of nitrogens with one attached hydrogen (secondary N) is 1. The number of rotatable bonds is 4. The fourth-order valence-electron chi connectivity index (χ4n) is 8.71. The predicted octanol–water partition coefficient (Wildman–Crippen LogP) is 6.84. The van der Waals surface area contributed by atoms with Crippen LogP contribution in [0.4, 0.5) is 10.2 Å². The molecule has 3 nitrogen and oxygen atoms in total. The first-order valence-corrected chi connectivity index (χ1v) is 12.9. The summed E-state index contributed by atoms with van der Waals surface area (Å²) >= 11 is 0. The molecule has 1 heterocycles. The number of amides is 1. The van der Waals surface area contributed by atoms with E-state index in [0.29, 0.717) is 11.7 Å². The van der Waals surface area contributed by atoms with Gasteiger partial charge in [-0.1, -0.05) is 33.1 Å². The van der Waals surface area contributed by atoms with Gasteiger partial charge in [0.2, 0.25) is 5.91 Å². The van der Waals surface area contributed by atoms with E-state index in [9.17, 15) is 9.18 Å². The van der Waals surface area contributed by atoms with Crippen LogP contribution in [0, 0.1) is 52.7 Å². The highest BCUT2D eigenvalue weighted by molar-refractivity contribution is 5.92. The number of fused-ring (bicyclic) bond motifs is 5. The fourth-order valence-corrected chi connectivity index (χ4v) is 8.71. The van der Waals surface area contributed by atoms with Gasteiger partial charge in [-0.25, -0.2) is 9.37 Å². The highest BCUT2D eigenvalue weighted by Crippen LogP contribution is 2.64. The Balaban J connectivity index is 1.27. The van der Waals surface area contributed by atoms with E-state index in [0.717, 1.165) is 36.0 Å². The molecule has 1 aromatic heterocycles. The van der Waals surface area contributed by atoms with Gasteiger partial charge in [-0.05, 0) is 104 Å². The van der Waals surface area contributed by atoms with Crippen LogP contribution >= 0.6 is 0 Å². The molecule has 0 aliphatic heterocycles. The summed E-state index contributed by atoms with van der Waals surface area (Å²) in [4.78, 5) is 17.2. The topological polar surface area (TPSA) is 42.0 Å². The van der Waals surface area contributed by atoms with Crippen molar-refractivity contribution in [3.8, 4) is 0 Å². The lowest BCUT2D eigenvalue weighted by atomic mass is 9.49. The number of carbonyl (C=O) groups excluding carboxylic acids is 1. The highest BCUT2D eigenvalue weighted by Gasteiger charge is 2.58. The summed E-state index contributed by atoms with van der Waals surface area (Å²) in [6.45, 7) is 4.73. The van der Waals surface area contributed by atoms with Gasteiger partial charge >= 0.3 is 0 Å². The number of anilines is 1. The lowest BCUT2D eigenvalue weighted by Gasteiger charge is -2.56. The first-order chi connectivity index (χ1) is 15.0. The molecule has 0 spiro atoms. The maximum Gasteiger partial charge on any atom is 0.229 e. The van der Waals surface area contributed by atoms with Crippen LogP contribution < -0.4 is 5.32 Å². The third kappa shape index (κ3) is 3.82. The molecular formula is C27H39FN2O. The number of nitrogens with zero attached hydrogens (tertiary/aromatic N) is 1. The molecule has 1 aromatic rings. The first-order valence-electron chi connectivity index (χ1n) is 12.9. The van der Waals surface area contributed by atoms with Crippen LogP contribution in [0.1, 0.15) is 84.5 Å². The number of aromatic nitrogens is 1. The molecule has 0 saturated heterocycles. The summed E-state index contributed by atoms with van der Waals surface area (Å²) in [5.41, 5.74) is 0.109. The minimum atomic E-state index is -0.372. The largest absolute Gasteiger partial charge is 0.310 e. The molecule has 4 aliphatic rings. The maximum atomic E-state index is 13.2. The zero-order chi connectivity index (χ0) is 21.6. The molecule has 31 heavy (non-hydrogen) atoms. The van der Waals surface area contributed by atoms with Gasteiger partial charge in [0.15, 0.2) is 0 Å². The summed E-state index contributed by atoms with van der Waals surface area (Å²) in [6, 6.07) is 2.93. The molecule has 0 bridgehead atoms. The number of hydrogen-bond acceptors (Lipinski definition) is 2. The molecule has 1 amide bonds. The van der Waals surface area contributed by atoms with Gasteiger partial charge in [0.05, 0.1) is 6.20 Å². The lowest BCUT2D eigenvalue weighted by molar-refractivity contribution is -0.127. The van der Waals surface area contributed by atoms with Crippen molar-refractivity contribution in [1.82, 2.24) is 4.98 Å². The van der Waals surface area contributed by atoms with Gasteiger partial charge < -0.3 is 5.32 Å². The molecule has 4 heteroatoms. The van der Waals surface area contributed by atoms with Crippen molar-refractivity contribution in [3.05, 3.63) is 24.1 Å². The second-order valence-corrected chi connectivity index (χ2v) is 11.4. The van der Waals surface area contributed by atoms with Crippen LogP contribution in [0.15, 0.2) is 18.3 Å². The van der Waals surface area contributed by atoms with Crippen molar-refractivity contribution in [2.24, 2.45) is 46.8 Å². The van der Waals surface area contributed by atoms with Crippen molar-refractivity contribution < 1.29 is 9.18 Å². The Bertz CT molecular complexity index is 795. The van der Waals surface area contributed by atoms with E-state index in [4.69, 9.17) is 0 Å². The van der Waals surface area contributed by atoms with E-state index in [2.05, 4.69) is 24.1 Å². The maximum absolute atomic E-state index is 13.2. The Morgan fingerprint density at radius 3 is 2.71 bits per heavy atom. The first kappa shape index (κ1) is 21.4. The van der Waals surface area contributed by atoms with Gasteiger partial charge in [-0.15, -0.1) is 0 Å². The molecular weight excluding hydrogens is 387 g/mol. The Morgan fingerprint density at radius 1 is 1.10 bits per heavy atom. The van der Waals surface area contributed by atoms with E-state index in [-0.39, 0.29) is 23.1 Å². The summed E-state index contributed by atoms with van der Waals surface area (Å²) in [5, 5.41) is 2.99. The molecule has 8 atom stereocenters. The fraction of sp³-hybridized carbons (Fsp3) is 0.778. The average molecular weight is 427 g/mol. The second kappa shape index (κ2) is 8.48. The van der Waals surface area contributed by atoms with Crippen LogP contribution in [0.5, 0.6) is 0 Å². The van der Waals surface area contributed by atoms with Crippen molar-refractivity contribution in [2.75, 3.05) is 5.32 Å². The van der Waals surface area contributed by atoms with Gasteiger partial charge in [-0.3, -0.25) is 4.79 Å². The molecule has 170 valence electrons. The Morgan fingerprint density at radius 2 is 1.94 bits per heavy atom.